The van der Waals surface area contributed by atoms with E-state index in [4.69, 9.17) is 11.5 Å². The maximum absolute atomic E-state index is 11.1. The molecule has 4 N–H and O–H groups in total. The average Bonchev–Trinajstić information content (AvgIpc) is 2.02. The van der Waals surface area contributed by atoms with Crippen molar-refractivity contribution in [3.8, 4) is 0 Å². The van der Waals surface area contributed by atoms with E-state index in [0.717, 1.165) is 5.69 Å². The fraction of sp³-hybridized carbons (Fsp3) is 0.222. The second kappa shape index (κ2) is 3.35. The first-order valence-electron chi connectivity index (χ1n) is 3.89. The van der Waals surface area contributed by atoms with Gasteiger partial charge in [-0.3, -0.25) is 4.79 Å². The van der Waals surface area contributed by atoms with Gasteiger partial charge in [-0.05, 0) is 12.1 Å². The van der Waals surface area contributed by atoms with Crippen molar-refractivity contribution in [2.24, 2.45) is 5.73 Å². The highest BCUT2D eigenvalue weighted by Crippen LogP contribution is 2.23. The number of nitrogen functional groups attached to an aromatic ring is 1. The first kappa shape index (κ1) is 9.38. The van der Waals surface area contributed by atoms with Crippen LogP contribution in [0.1, 0.15) is 10.4 Å². The van der Waals surface area contributed by atoms with Crippen LogP contribution in [0.15, 0.2) is 18.2 Å². The second-order valence-electron chi connectivity index (χ2n) is 3.00. The third kappa shape index (κ3) is 1.72. The van der Waals surface area contributed by atoms with Gasteiger partial charge in [-0.1, -0.05) is 6.07 Å². The summed E-state index contributed by atoms with van der Waals surface area (Å²) in [6.07, 6.45) is 0. The van der Waals surface area contributed by atoms with Crippen LogP contribution >= 0.6 is 0 Å². The van der Waals surface area contributed by atoms with E-state index >= 15 is 0 Å². The van der Waals surface area contributed by atoms with E-state index in [-0.39, 0.29) is 0 Å². The van der Waals surface area contributed by atoms with Crippen LogP contribution in [0, 0.1) is 0 Å². The zero-order valence-electron chi connectivity index (χ0n) is 7.74. The van der Waals surface area contributed by atoms with Crippen molar-refractivity contribution in [1.29, 1.82) is 0 Å². The minimum absolute atomic E-state index is 0.382. The molecular formula is C9H13N3O. The number of amides is 1. The molecule has 0 aromatic heterocycles. The predicted molar refractivity (Wildman–Crippen MR) is 53.7 cm³/mol. The summed E-state index contributed by atoms with van der Waals surface area (Å²) in [6.45, 7) is 0. The van der Waals surface area contributed by atoms with Gasteiger partial charge in [0.05, 0.1) is 11.3 Å². The molecule has 4 heteroatoms. The zero-order valence-corrected chi connectivity index (χ0v) is 7.74. The molecule has 1 rings (SSSR count). The number of anilines is 2. The molecule has 0 spiro atoms. The van der Waals surface area contributed by atoms with Crippen molar-refractivity contribution >= 4 is 17.3 Å². The molecule has 1 aromatic carbocycles. The molecule has 1 amide bonds. The lowest BCUT2D eigenvalue weighted by molar-refractivity contribution is 0.100. The summed E-state index contributed by atoms with van der Waals surface area (Å²) in [5, 5.41) is 0. The Morgan fingerprint density at radius 2 is 2.00 bits per heavy atom. The Labute approximate surface area is 77.1 Å². The maximum atomic E-state index is 11.1. The van der Waals surface area contributed by atoms with E-state index in [9.17, 15) is 4.79 Å². The standard InChI is InChI=1S/C9H13N3O/c1-12(2)7-5-3-4-6(10)8(7)9(11)13/h3-5H,10H2,1-2H3,(H2,11,13). The summed E-state index contributed by atoms with van der Waals surface area (Å²) in [6, 6.07) is 5.25. The number of carbonyl (C=O) groups excluding carboxylic acids is 1. The lowest BCUT2D eigenvalue weighted by Gasteiger charge is -2.16. The molecule has 0 saturated heterocycles. The first-order chi connectivity index (χ1) is 6.04. The number of benzene rings is 1. The van der Waals surface area contributed by atoms with Crippen LogP contribution in [0.5, 0.6) is 0 Å². The summed E-state index contributed by atoms with van der Waals surface area (Å²) < 4.78 is 0. The molecule has 0 unspecified atom stereocenters. The highest BCUT2D eigenvalue weighted by atomic mass is 16.1. The largest absolute Gasteiger partial charge is 0.398 e. The molecule has 0 fully saturated rings. The number of hydrogen-bond donors (Lipinski definition) is 2. The van der Waals surface area contributed by atoms with Crippen LogP contribution in [0.2, 0.25) is 0 Å². The van der Waals surface area contributed by atoms with Gasteiger partial charge >= 0.3 is 0 Å². The minimum atomic E-state index is -0.498. The fourth-order valence-corrected chi connectivity index (χ4v) is 1.20. The minimum Gasteiger partial charge on any atom is -0.398 e. The number of nitrogens with zero attached hydrogens (tertiary/aromatic N) is 1. The van der Waals surface area contributed by atoms with E-state index in [1.165, 1.54) is 0 Å². The quantitative estimate of drug-likeness (QED) is 0.647. The topological polar surface area (TPSA) is 72.3 Å². The number of rotatable bonds is 2. The van der Waals surface area contributed by atoms with Crippen LogP contribution in [0.4, 0.5) is 11.4 Å². The van der Waals surface area contributed by atoms with Gasteiger partial charge in [0.25, 0.3) is 5.91 Å². The Morgan fingerprint density at radius 3 is 2.38 bits per heavy atom. The second-order valence-corrected chi connectivity index (χ2v) is 3.00. The average molecular weight is 179 g/mol. The normalized spacial score (nSPS) is 9.69. The van der Waals surface area contributed by atoms with Crippen LogP contribution in [0.3, 0.4) is 0 Å². The van der Waals surface area contributed by atoms with Crippen LogP contribution in [-0.4, -0.2) is 20.0 Å². The van der Waals surface area contributed by atoms with E-state index < -0.39 is 5.91 Å². The van der Waals surface area contributed by atoms with Crippen molar-refractivity contribution in [2.45, 2.75) is 0 Å². The molecule has 0 radical (unpaired) electrons. The summed E-state index contributed by atoms with van der Waals surface area (Å²) >= 11 is 0. The highest BCUT2D eigenvalue weighted by Gasteiger charge is 2.12. The SMILES string of the molecule is CN(C)c1cccc(N)c1C(N)=O. The Balaban J connectivity index is 3.34. The fourth-order valence-electron chi connectivity index (χ4n) is 1.20. The number of hydrogen-bond acceptors (Lipinski definition) is 3. The van der Waals surface area contributed by atoms with Crippen LogP contribution in [0.25, 0.3) is 0 Å². The van der Waals surface area contributed by atoms with E-state index in [0.29, 0.717) is 11.3 Å². The van der Waals surface area contributed by atoms with Gasteiger partial charge in [0.2, 0.25) is 0 Å². The summed E-state index contributed by atoms with van der Waals surface area (Å²) in [4.78, 5) is 12.9. The molecule has 70 valence electrons. The van der Waals surface area contributed by atoms with E-state index in [2.05, 4.69) is 0 Å². The van der Waals surface area contributed by atoms with Crippen molar-refractivity contribution in [3.05, 3.63) is 23.8 Å². The van der Waals surface area contributed by atoms with Crippen molar-refractivity contribution in [2.75, 3.05) is 24.7 Å². The van der Waals surface area contributed by atoms with Crippen LogP contribution in [-0.2, 0) is 0 Å². The third-order valence-electron chi connectivity index (χ3n) is 1.80. The molecule has 0 aliphatic heterocycles. The summed E-state index contributed by atoms with van der Waals surface area (Å²) in [7, 11) is 3.67. The molecule has 0 aliphatic rings. The van der Waals surface area contributed by atoms with E-state index in [1.54, 1.807) is 23.1 Å². The third-order valence-corrected chi connectivity index (χ3v) is 1.80. The Hall–Kier alpha value is -1.71. The lowest BCUT2D eigenvalue weighted by Crippen LogP contribution is -2.20. The Bertz CT molecular complexity index is 334. The molecule has 4 nitrogen and oxygen atoms in total. The Kier molecular flexibility index (Phi) is 2.41. The number of carbonyl (C=O) groups is 1. The van der Waals surface area contributed by atoms with E-state index in [1.807, 2.05) is 14.1 Å². The van der Waals surface area contributed by atoms with Crippen molar-refractivity contribution < 1.29 is 4.79 Å². The van der Waals surface area contributed by atoms with Gasteiger partial charge in [-0.15, -0.1) is 0 Å². The summed E-state index contributed by atoms with van der Waals surface area (Å²) in [5.41, 5.74) is 12.4. The van der Waals surface area contributed by atoms with Gasteiger partial charge in [-0.25, -0.2) is 0 Å². The first-order valence-corrected chi connectivity index (χ1v) is 3.89. The zero-order chi connectivity index (χ0) is 10.0. The van der Waals surface area contributed by atoms with Gasteiger partial charge < -0.3 is 16.4 Å². The molecule has 0 heterocycles. The monoisotopic (exact) mass is 179 g/mol. The number of primary amides is 1. The highest BCUT2D eigenvalue weighted by molar-refractivity contribution is 6.03. The molecule has 0 atom stereocenters. The molecule has 13 heavy (non-hydrogen) atoms. The van der Waals surface area contributed by atoms with Gasteiger partial charge in [-0.2, -0.15) is 0 Å². The molecule has 0 saturated carbocycles. The summed E-state index contributed by atoms with van der Waals surface area (Å²) in [5.74, 6) is -0.498. The number of nitrogens with two attached hydrogens (primary N) is 2. The van der Waals surface area contributed by atoms with Crippen LogP contribution < -0.4 is 16.4 Å². The van der Waals surface area contributed by atoms with Gasteiger partial charge in [0.1, 0.15) is 0 Å². The smallest absolute Gasteiger partial charge is 0.252 e. The Morgan fingerprint density at radius 1 is 1.38 bits per heavy atom. The maximum Gasteiger partial charge on any atom is 0.252 e. The lowest BCUT2D eigenvalue weighted by atomic mass is 10.1. The van der Waals surface area contributed by atoms with Gasteiger partial charge in [0, 0.05) is 19.8 Å². The van der Waals surface area contributed by atoms with Crippen molar-refractivity contribution in [3.63, 3.8) is 0 Å². The van der Waals surface area contributed by atoms with Gasteiger partial charge in [0.15, 0.2) is 0 Å². The molecule has 0 aliphatic carbocycles. The molecule has 0 bridgehead atoms. The molecular weight excluding hydrogens is 166 g/mol. The van der Waals surface area contributed by atoms with Crippen molar-refractivity contribution in [1.82, 2.24) is 0 Å². The predicted octanol–water partition coefficient (Wildman–Crippen LogP) is 0.434. The molecule has 1 aromatic rings.